The van der Waals surface area contributed by atoms with Gasteiger partial charge in [-0.2, -0.15) is 11.8 Å². The molecule has 0 saturated heterocycles. The van der Waals surface area contributed by atoms with Gasteiger partial charge in [-0.3, -0.25) is 0 Å². The van der Waals surface area contributed by atoms with Crippen LogP contribution in [0.2, 0.25) is 0 Å². The molecule has 0 bridgehead atoms. The van der Waals surface area contributed by atoms with Crippen LogP contribution in [0.4, 0.5) is 0 Å². The summed E-state index contributed by atoms with van der Waals surface area (Å²) in [5.41, 5.74) is 5.64. The molecule has 0 fully saturated rings. The highest BCUT2D eigenvalue weighted by atomic mass is 79.9. The van der Waals surface area contributed by atoms with E-state index in [1.165, 1.54) is 9.35 Å². The lowest BCUT2D eigenvalue weighted by Crippen LogP contribution is -2.17. The van der Waals surface area contributed by atoms with Crippen molar-refractivity contribution in [3.63, 3.8) is 0 Å². The van der Waals surface area contributed by atoms with Crippen molar-refractivity contribution in [2.24, 2.45) is 5.73 Å². The molecule has 0 amide bonds. The standard InChI is InChI=1S/C8H12BrNS2/c1-6(10)3-11-5-8-2-7(9)4-12-8/h2,4,6H,3,5,10H2,1H3. The van der Waals surface area contributed by atoms with Gasteiger partial charge in [-0.15, -0.1) is 11.3 Å². The Hall–Kier alpha value is 0.490. The number of hydrogen-bond acceptors (Lipinski definition) is 3. The van der Waals surface area contributed by atoms with Crippen molar-refractivity contribution in [1.82, 2.24) is 0 Å². The Morgan fingerprint density at radius 1 is 1.75 bits per heavy atom. The molecule has 0 aromatic carbocycles. The first-order chi connectivity index (χ1) is 5.68. The Morgan fingerprint density at radius 2 is 2.50 bits per heavy atom. The average molecular weight is 266 g/mol. The van der Waals surface area contributed by atoms with Crippen molar-refractivity contribution in [2.75, 3.05) is 5.75 Å². The normalized spacial score (nSPS) is 13.2. The lowest BCUT2D eigenvalue weighted by atomic mass is 10.4. The molecule has 1 aromatic heterocycles. The Bertz CT molecular complexity index is 235. The van der Waals surface area contributed by atoms with E-state index in [0.717, 1.165) is 11.5 Å². The van der Waals surface area contributed by atoms with Crippen molar-refractivity contribution >= 4 is 39.0 Å². The summed E-state index contributed by atoms with van der Waals surface area (Å²) in [5.74, 6) is 2.12. The minimum Gasteiger partial charge on any atom is -0.327 e. The number of rotatable bonds is 4. The van der Waals surface area contributed by atoms with Crippen molar-refractivity contribution in [3.05, 3.63) is 20.8 Å². The van der Waals surface area contributed by atoms with E-state index in [4.69, 9.17) is 5.73 Å². The molecule has 1 aromatic rings. The fourth-order valence-corrected chi connectivity index (χ4v) is 3.31. The van der Waals surface area contributed by atoms with Crippen LogP contribution in [0.5, 0.6) is 0 Å². The molecule has 0 aliphatic carbocycles. The zero-order valence-corrected chi connectivity index (χ0v) is 10.1. The fourth-order valence-electron chi connectivity index (χ4n) is 0.775. The maximum Gasteiger partial charge on any atom is 0.0285 e. The molecular formula is C8H12BrNS2. The first-order valence-corrected chi connectivity index (χ1v) is 6.57. The monoisotopic (exact) mass is 265 g/mol. The highest BCUT2D eigenvalue weighted by molar-refractivity contribution is 9.10. The highest BCUT2D eigenvalue weighted by Gasteiger charge is 1.99. The molecule has 0 spiro atoms. The molecule has 1 rings (SSSR count). The van der Waals surface area contributed by atoms with Crippen molar-refractivity contribution in [3.8, 4) is 0 Å². The Balaban J connectivity index is 2.24. The summed E-state index contributed by atoms with van der Waals surface area (Å²) in [6.45, 7) is 2.04. The maximum absolute atomic E-state index is 5.64. The van der Waals surface area contributed by atoms with E-state index in [1.54, 1.807) is 11.3 Å². The van der Waals surface area contributed by atoms with Gasteiger partial charge in [-0.25, -0.2) is 0 Å². The minimum absolute atomic E-state index is 0.304. The first-order valence-electron chi connectivity index (χ1n) is 3.74. The van der Waals surface area contributed by atoms with E-state index in [2.05, 4.69) is 27.4 Å². The molecular weight excluding hydrogens is 254 g/mol. The van der Waals surface area contributed by atoms with E-state index in [1.807, 2.05) is 18.7 Å². The van der Waals surface area contributed by atoms with Crippen LogP contribution in [0.3, 0.4) is 0 Å². The van der Waals surface area contributed by atoms with Gasteiger partial charge in [0.15, 0.2) is 0 Å². The fraction of sp³-hybridized carbons (Fsp3) is 0.500. The second-order valence-corrected chi connectivity index (χ2v) is 5.67. The quantitative estimate of drug-likeness (QED) is 0.906. The van der Waals surface area contributed by atoms with Crippen LogP contribution in [0, 0.1) is 0 Å². The molecule has 1 heterocycles. The summed E-state index contributed by atoms with van der Waals surface area (Å²) < 4.78 is 1.18. The summed E-state index contributed by atoms with van der Waals surface area (Å²) in [5, 5.41) is 2.11. The van der Waals surface area contributed by atoms with Gasteiger partial charge >= 0.3 is 0 Å². The van der Waals surface area contributed by atoms with E-state index in [-0.39, 0.29) is 0 Å². The number of nitrogens with two attached hydrogens (primary N) is 1. The largest absolute Gasteiger partial charge is 0.327 e. The average Bonchev–Trinajstić information content (AvgIpc) is 2.35. The second-order valence-electron chi connectivity index (χ2n) is 2.72. The molecule has 12 heavy (non-hydrogen) atoms. The molecule has 1 nitrogen and oxygen atoms in total. The number of halogens is 1. The molecule has 2 N–H and O–H groups in total. The van der Waals surface area contributed by atoms with Crippen molar-refractivity contribution < 1.29 is 0 Å². The smallest absolute Gasteiger partial charge is 0.0285 e. The predicted octanol–water partition coefficient (Wildman–Crippen LogP) is 3.09. The van der Waals surface area contributed by atoms with Gasteiger partial charge in [0.25, 0.3) is 0 Å². The van der Waals surface area contributed by atoms with Crippen molar-refractivity contribution in [1.29, 1.82) is 0 Å². The van der Waals surface area contributed by atoms with Gasteiger partial charge in [-0.1, -0.05) is 0 Å². The van der Waals surface area contributed by atoms with E-state index >= 15 is 0 Å². The van der Waals surface area contributed by atoms with Crippen LogP contribution in [0.25, 0.3) is 0 Å². The van der Waals surface area contributed by atoms with Gasteiger partial charge in [0.2, 0.25) is 0 Å². The third kappa shape index (κ3) is 3.94. The SMILES string of the molecule is CC(N)CSCc1cc(Br)cs1. The molecule has 0 radical (unpaired) electrons. The zero-order chi connectivity index (χ0) is 8.97. The summed E-state index contributed by atoms with van der Waals surface area (Å²) in [6, 6.07) is 2.47. The third-order valence-corrected chi connectivity index (χ3v) is 4.40. The van der Waals surface area contributed by atoms with Gasteiger partial charge in [0.05, 0.1) is 0 Å². The van der Waals surface area contributed by atoms with Gasteiger partial charge in [-0.05, 0) is 28.9 Å². The second kappa shape index (κ2) is 5.27. The summed E-state index contributed by atoms with van der Waals surface area (Å²) in [6.07, 6.45) is 0. The molecule has 1 unspecified atom stereocenters. The molecule has 1 atom stereocenters. The van der Waals surface area contributed by atoms with Crippen LogP contribution < -0.4 is 5.73 Å². The molecule has 0 aliphatic rings. The van der Waals surface area contributed by atoms with Crippen LogP contribution in [0.1, 0.15) is 11.8 Å². The predicted molar refractivity (Wildman–Crippen MR) is 61.8 cm³/mol. The zero-order valence-electron chi connectivity index (χ0n) is 6.92. The molecule has 4 heteroatoms. The summed E-state index contributed by atoms with van der Waals surface area (Å²) in [4.78, 5) is 1.41. The van der Waals surface area contributed by atoms with Crippen LogP contribution in [-0.2, 0) is 5.75 Å². The molecule has 0 saturated carbocycles. The van der Waals surface area contributed by atoms with Gasteiger partial charge in [0.1, 0.15) is 0 Å². The maximum atomic E-state index is 5.64. The van der Waals surface area contributed by atoms with Crippen LogP contribution >= 0.6 is 39.0 Å². The number of hydrogen-bond donors (Lipinski definition) is 1. The number of thiophene rings is 1. The van der Waals surface area contributed by atoms with E-state index < -0.39 is 0 Å². The Labute approximate surface area is 89.9 Å². The lowest BCUT2D eigenvalue weighted by Gasteiger charge is -2.02. The van der Waals surface area contributed by atoms with Crippen molar-refractivity contribution in [2.45, 2.75) is 18.7 Å². The minimum atomic E-state index is 0.304. The van der Waals surface area contributed by atoms with E-state index in [9.17, 15) is 0 Å². The summed E-state index contributed by atoms with van der Waals surface area (Å²) in [7, 11) is 0. The van der Waals surface area contributed by atoms with Crippen LogP contribution in [-0.4, -0.2) is 11.8 Å². The number of thioether (sulfide) groups is 1. The lowest BCUT2D eigenvalue weighted by molar-refractivity contribution is 0.847. The van der Waals surface area contributed by atoms with Gasteiger partial charge < -0.3 is 5.73 Å². The topological polar surface area (TPSA) is 26.0 Å². The van der Waals surface area contributed by atoms with E-state index in [0.29, 0.717) is 6.04 Å². The Kier molecular flexibility index (Phi) is 4.64. The summed E-state index contributed by atoms with van der Waals surface area (Å²) >= 11 is 7.11. The Morgan fingerprint density at radius 3 is 3.00 bits per heavy atom. The first kappa shape index (κ1) is 10.6. The van der Waals surface area contributed by atoms with Crippen LogP contribution in [0.15, 0.2) is 15.9 Å². The molecule has 0 aliphatic heterocycles. The molecule has 68 valence electrons. The third-order valence-electron chi connectivity index (χ3n) is 1.25. The highest BCUT2D eigenvalue weighted by Crippen LogP contribution is 2.23. The van der Waals surface area contributed by atoms with Gasteiger partial charge in [0, 0.05) is 32.3 Å².